The molecule has 1 aliphatic rings. The molecule has 1 fully saturated rings. The van der Waals surface area contributed by atoms with Gasteiger partial charge in [0.25, 0.3) is 0 Å². The van der Waals surface area contributed by atoms with Gasteiger partial charge in [0.2, 0.25) is 0 Å². The van der Waals surface area contributed by atoms with Gasteiger partial charge in [-0.25, -0.2) is 4.98 Å². The number of ether oxygens (including phenoxy) is 2. The third-order valence-corrected chi connectivity index (χ3v) is 3.73. The van der Waals surface area contributed by atoms with Gasteiger partial charge in [0.1, 0.15) is 18.2 Å². The molecule has 0 amide bonds. The van der Waals surface area contributed by atoms with E-state index in [4.69, 9.17) is 15.2 Å². The topological polar surface area (TPSA) is 60.6 Å². The first kappa shape index (κ1) is 14.8. The van der Waals surface area contributed by atoms with Gasteiger partial charge in [-0.1, -0.05) is 12.1 Å². The largest absolute Gasteiger partial charge is 0.492 e. The molecule has 0 radical (unpaired) electrons. The minimum absolute atomic E-state index is 0.529. The molecule has 3 rings (SSSR count). The summed E-state index contributed by atoms with van der Waals surface area (Å²) in [7, 11) is 0. The molecule has 116 valence electrons. The zero-order valence-corrected chi connectivity index (χ0v) is 12.6. The van der Waals surface area contributed by atoms with Gasteiger partial charge in [-0.15, -0.1) is 0 Å². The Labute approximate surface area is 130 Å². The van der Waals surface area contributed by atoms with Crippen LogP contribution in [0.5, 0.6) is 5.75 Å². The molecule has 1 aromatic carbocycles. The van der Waals surface area contributed by atoms with Crippen molar-refractivity contribution >= 4 is 5.82 Å². The molecular weight excluding hydrogens is 278 g/mol. The van der Waals surface area contributed by atoms with Crippen molar-refractivity contribution in [2.75, 3.05) is 45.2 Å². The zero-order valence-electron chi connectivity index (χ0n) is 12.6. The molecule has 1 saturated heterocycles. The van der Waals surface area contributed by atoms with Gasteiger partial charge in [0.15, 0.2) is 0 Å². The second kappa shape index (κ2) is 7.24. The Morgan fingerprint density at radius 2 is 2.00 bits per heavy atom. The van der Waals surface area contributed by atoms with Crippen molar-refractivity contribution < 1.29 is 9.47 Å². The number of aromatic nitrogens is 1. The van der Waals surface area contributed by atoms with Crippen LogP contribution in [0.1, 0.15) is 0 Å². The van der Waals surface area contributed by atoms with Gasteiger partial charge in [-0.3, -0.25) is 4.90 Å². The van der Waals surface area contributed by atoms with Gasteiger partial charge in [-0.2, -0.15) is 0 Å². The average molecular weight is 299 g/mol. The van der Waals surface area contributed by atoms with Gasteiger partial charge < -0.3 is 15.2 Å². The van der Waals surface area contributed by atoms with E-state index in [1.807, 2.05) is 30.3 Å². The fraction of sp³-hybridized carbons (Fsp3) is 0.353. The monoisotopic (exact) mass is 299 g/mol. The predicted octanol–water partition coefficient (Wildman–Crippen LogP) is 2.04. The highest BCUT2D eigenvalue weighted by Crippen LogP contribution is 2.23. The minimum Gasteiger partial charge on any atom is -0.492 e. The molecule has 1 aliphatic heterocycles. The number of pyridine rings is 1. The van der Waals surface area contributed by atoms with E-state index >= 15 is 0 Å². The Morgan fingerprint density at radius 1 is 1.14 bits per heavy atom. The maximum absolute atomic E-state index is 5.87. The van der Waals surface area contributed by atoms with Crippen LogP contribution < -0.4 is 10.5 Å². The maximum atomic E-state index is 5.87. The van der Waals surface area contributed by atoms with E-state index < -0.39 is 0 Å². The molecule has 0 unspecified atom stereocenters. The number of nitrogens with zero attached hydrogens (tertiary/aromatic N) is 2. The van der Waals surface area contributed by atoms with Crippen molar-refractivity contribution in [3.63, 3.8) is 0 Å². The molecular formula is C17H21N3O2. The molecule has 0 bridgehead atoms. The lowest BCUT2D eigenvalue weighted by Gasteiger charge is -2.26. The number of nitrogen functional groups attached to an aromatic ring is 1. The first-order valence-corrected chi connectivity index (χ1v) is 7.56. The predicted molar refractivity (Wildman–Crippen MR) is 86.8 cm³/mol. The molecule has 0 saturated carbocycles. The van der Waals surface area contributed by atoms with Gasteiger partial charge in [0, 0.05) is 31.4 Å². The molecule has 22 heavy (non-hydrogen) atoms. The Morgan fingerprint density at radius 3 is 2.77 bits per heavy atom. The van der Waals surface area contributed by atoms with Gasteiger partial charge in [-0.05, 0) is 29.8 Å². The summed E-state index contributed by atoms with van der Waals surface area (Å²) in [5.41, 5.74) is 7.74. The van der Waals surface area contributed by atoms with E-state index in [1.165, 1.54) is 0 Å². The first-order chi connectivity index (χ1) is 10.8. The van der Waals surface area contributed by atoms with Crippen molar-refractivity contribution in [3.8, 4) is 16.9 Å². The molecule has 2 heterocycles. The van der Waals surface area contributed by atoms with Crippen molar-refractivity contribution in [3.05, 3.63) is 42.6 Å². The van der Waals surface area contributed by atoms with Crippen LogP contribution in [-0.4, -0.2) is 49.3 Å². The fourth-order valence-corrected chi connectivity index (χ4v) is 2.46. The number of benzene rings is 1. The lowest BCUT2D eigenvalue weighted by Crippen LogP contribution is -2.38. The molecule has 0 spiro atoms. The fourth-order valence-electron chi connectivity index (χ4n) is 2.46. The van der Waals surface area contributed by atoms with Crippen LogP contribution in [0, 0.1) is 0 Å². The van der Waals surface area contributed by atoms with Crippen LogP contribution in [0.4, 0.5) is 5.82 Å². The summed E-state index contributed by atoms with van der Waals surface area (Å²) in [6.07, 6.45) is 1.78. The van der Waals surface area contributed by atoms with E-state index in [9.17, 15) is 0 Å². The van der Waals surface area contributed by atoms with E-state index in [0.717, 1.165) is 49.7 Å². The molecule has 1 aromatic heterocycles. The van der Waals surface area contributed by atoms with Crippen molar-refractivity contribution in [1.29, 1.82) is 0 Å². The number of rotatable bonds is 5. The number of hydrogen-bond acceptors (Lipinski definition) is 5. The summed E-state index contributed by atoms with van der Waals surface area (Å²) < 4.78 is 11.2. The normalized spacial score (nSPS) is 15.6. The Bertz CT molecular complexity index is 595. The van der Waals surface area contributed by atoms with Crippen LogP contribution in [-0.2, 0) is 4.74 Å². The number of hydrogen-bond donors (Lipinski definition) is 1. The summed E-state index contributed by atoms with van der Waals surface area (Å²) in [5, 5.41) is 0. The van der Waals surface area contributed by atoms with Crippen molar-refractivity contribution in [1.82, 2.24) is 9.88 Å². The summed E-state index contributed by atoms with van der Waals surface area (Å²) in [5.74, 6) is 1.41. The van der Waals surface area contributed by atoms with E-state index in [1.54, 1.807) is 12.3 Å². The maximum Gasteiger partial charge on any atom is 0.123 e. The Hall–Kier alpha value is -2.11. The van der Waals surface area contributed by atoms with Crippen molar-refractivity contribution in [2.45, 2.75) is 0 Å². The van der Waals surface area contributed by atoms with Crippen molar-refractivity contribution in [2.24, 2.45) is 0 Å². The highest BCUT2D eigenvalue weighted by molar-refractivity contribution is 5.65. The van der Waals surface area contributed by atoms with Crippen LogP contribution in [0.15, 0.2) is 42.6 Å². The molecule has 2 N–H and O–H groups in total. The zero-order chi connectivity index (χ0) is 15.2. The summed E-state index contributed by atoms with van der Waals surface area (Å²) in [6.45, 7) is 5.22. The standard InChI is InChI=1S/C17H21N3O2/c18-17-5-4-15(13-19-17)14-2-1-3-16(12-14)22-11-8-20-6-9-21-10-7-20/h1-5,12-13H,6-11H2,(H2,18,19). The minimum atomic E-state index is 0.529. The van der Waals surface area contributed by atoms with E-state index in [0.29, 0.717) is 12.4 Å². The highest BCUT2D eigenvalue weighted by atomic mass is 16.5. The number of nitrogens with two attached hydrogens (primary N) is 1. The lowest BCUT2D eigenvalue weighted by atomic mass is 10.1. The molecule has 5 nitrogen and oxygen atoms in total. The molecule has 2 aromatic rings. The van der Waals surface area contributed by atoms with Gasteiger partial charge in [0.05, 0.1) is 13.2 Å². The van der Waals surface area contributed by atoms with E-state index in [2.05, 4.69) is 9.88 Å². The summed E-state index contributed by atoms with van der Waals surface area (Å²) >= 11 is 0. The quantitative estimate of drug-likeness (QED) is 0.915. The highest BCUT2D eigenvalue weighted by Gasteiger charge is 2.09. The SMILES string of the molecule is Nc1ccc(-c2cccc(OCCN3CCOCC3)c2)cn1. The average Bonchev–Trinajstić information content (AvgIpc) is 2.57. The smallest absolute Gasteiger partial charge is 0.123 e. The summed E-state index contributed by atoms with van der Waals surface area (Å²) in [6, 6.07) is 11.8. The Balaban J connectivity index is 1.57. The third-order valence-electron chi connectivity index (χ3n) is 3.73. The number of morpholine rings is 1. The first-order valence-electron chi connectivity index (χ1n) is 7.56. The van der Waals surface area contributed by atoms with Crippen LogP contribution in [0.2, 0.25) is 0 Å². The lowest BCUT2D eigenvalue weighted by molar-refractivity contribution is 0.0322. The summed E-state index contributed by atoms with van der Waals surface area (Å²) in [4.78, 5) is 6.49. The van der Waals surface area contributed by atoms with Crippen LogP contribution in [0.25, 0.3) is 11.1 Å². The Kier molecular flexibility index (Phi) is 4.88. The second-order valence-electron chi connectivity index (χ2n) is 5.30. The van der Waals surface area contributed by atoms with Gasteiger partial charge >= 0.3 is 0 Å². The van der Waals surface area contributed by atoms with E-state index in [-0.39, 0.29) is 0 Å². The third kappa shape index (κ3) is 3.96. The molecule has 5 heteroatoms. The van der Waals surface area contributed by atoms with Crippen LogP contribution in [0.3, 0.4) is 0 Å². The molecule has 0 atom stereocenters. The number of anilines is 1. The second-order valence-corrected chi connectivity index (χ2v) is 5.30. The molecule has 0 aliphatic carbocycles. The van der Waals surface area contributed by atoms with Crippen LogP contribution >= 0.6 is 0 Å².